The summed E-state index contributed by atoms with van der Waals surface area (Å²) in [6.07, 6.45) is 4.07. The van der Waals surface area contributed by atoms with Crippen molar-refractivity contribution in [1.29, 1.82) is 0 Å². The number of pyridine rings is 1. The van der Waals surface area contributed by atoms with E-state index in [9.17, 15) is 14.4 Å². The summed E-state index contributed by atoms with van der Waals surface area (Å²) in [6.45, 7) is 4.25. The smallest absolute Gasteiger partial charge is 0.316 e. The van der Waals surface area contributed by atoms with Crippen molar-refractivity contribution in [2.75, 3.05) is 11.9 Å². The Morgan fingerprint density at radius 1 is 1.16 bits per heavy atom. The first-order chi connectivity index (χ1) is 14.9. The van der Waals surface area contributed by atoms with E-state index < -0.39 is 11.3 Å². The third-order valence-electron chi connectivity index (χ3n) is 6.48. The van der Waals surface area contributed by atoms with Crippen LogP contribution in [0.4, 0.5) is 5.69 Å². The molecule has 2 heterocycles. The van der Waals surface area contributed by atoms with E-state index in [2.05, 4.69) is 12.2 Å². The first kappa shape index (κ1) is 19.5. The van der Waals surface area contributed by atoms with Gasteiger partial charge < -0.3 is 14.6 Å². The van der Waals surface area contributed by atoms with Gasteiger partial charge >= 0.3 is 5.97 Å². The maximum absolute atomic E-state index is 13.0. The Morgan fingerprint density at radius 3 is 2.58 bits per heavy atom. The molecule has 31 heavy (non-hydrogen) atoms. The average molecular weight is 416 g/mol. The minimum Gasteiger partial charge on any atom is -0.465 e. The largest absolute Gasteiger partial charge is 0.465 e. The zero-order valence-corrected chi connectivity index (χ0v) is 17.6. The zero-order chi connectivity index (χ0) is 21.8. The van der Waals surface area contributed by atoms with Gasteiger partial charge in [0.2, 0.25) is 5.43 Å². The Bertz CT molecular complexity index is 1270. The Hall–Kier alpha value is -3.41. The monoisotopic (exact) mass is 416 g/mol. The van der Waals surface area contributed by atoms with Gasteiger partial charge in [-0.2, -0.15) is 0 Å². The van der Waals surface area contributed by atoms with Crippen molar-refractivity contribution in [3.05, 3.63) is 75.6 Å². The lowest BCUT2D eigenvalue weighted by Crippen LogP contribution is -2.24. The van der Waals surface area contributed by atoms with Gasteiger partial charge in [0.15, 0.2) is 0 Å². The number of anilines is 1. The second-order valence-corrected chi connectivity index (χ2v) is 8.48. The van der Waals surface area contributed by atoms with Crippen molar-refractivity contribution in [3.63, 3.8) is 0 Å². The minimum atomic E-state index is -0.548. The predicted octanol–water partition coefficient (Wildman–Crippen LogP) is 3.97. The number of esters is 1. The number of para-hydroxylation sites is 1. The third-order valence-corrected chi connectivity index (χ3v) is 6.48. The van der Waals surface area contributed by atoms with Gasteiger partial charge in [-0.3, -0.25) is 14.4 Å². The Morgan fingerprint density at radius 2 is 1.90 bits per heavy atom. The number of benzene rings is 2. The molecule has 1 atom stereocenters. The molecule has 0 unspecified atom stereocenters. The van der Waals surface area contributed by atoms with Crippen LogP contribution < -0.4 is 10.7 Å². The van der Waals surface area contributed by atoms with E-state index in [0.717, 1.165) is 35.9 Å². The van der Waals surface area contributed by atoms with Gasteiger partial charge in [-0.1, -0.05) is 24.3 Å². The molecule has 1 N–H and O–H groups in total. The van der Waals surface area contributed by atoms with E-state index in [0.29, 0.717) is 17.7 Å². The molecule has 1 fully saturated rings. The Kier molecular flexibility index (Phi) is 4.46. The quantitative estimate of drug-likeness (QED) is 0.639. The number of nitrogens with zero attached hydrogens (tertiary/aromatic N) is 1. The molecule has 1 aromatic heterocycles. The summed E-state index contributed by atoms with van der Waals surface area (Å²) in [6, 6.07) is 13.1. The van der Waals surface area contributed by atoms with Gasteiger partial charge in [0, 0.05) is 23.3 Å². The van der Waals surface area contributed by atoms with Gasteiger partial charge in [-0.25, -0.2) is 0 Å². The van der Waals surface area contributed by atoms with E-state index >= 15 is 0 Å². The van der Waals surface area contributed by atoms with E-state index in [-0.39, 0.29) is 23.0 Å². The molecule has 6 heteroatoms. The summed E-state index contributed by atoms with van der Waals surface area (Å²) in [5.41, 5.74) is 2.87. The number of hydrogen-bond acceptors (Lipinski definition) is 4. The summed E-state index contributed by atoms with van der Waals surface area (Å²) < 4.78 is 7.24. The standard InChI is InChI=1S/C25H24N2O4/c1-3-31-24(30)25(11-12-25)17-7-9-18(10-8-17)26-23(29)20-14-27-15(2)13-16-5-4-6-19(21(16)27)22(20)28/h4-10,14-15H,3,11-13H2,1-2H3,(H,26,29)/t15-/m0/s1. The fourth-order valence-corrected chi connectivity index (χ4v) is 4.65. The Labute approximate surface area is 179 Å². The number of carbonyl (C=O) groups excluding carboxylic acids is 2. The molecule has 1 amide bonds. The van der Waals surface area contributed by atoms with E-state index in [1.54, 1.807) is 31.3 Å². The van der Waals surface area contributed by atoms with Gasteiger partial charge in [-0.15, -0.1) is 0 Å². The fourth-order valence-electron chi connectivity index (χ4n) is 4.65. The number of rotatable bonds is 5. The van der Waals surface area contributed by atoms with Crippen molar-refractivity contribution >= 4 is 28.5 Å². The minimum absolute atomic E-state index is 0.132. The van der Waals surface area contributed by atoms with E-state index in [1.807, 2.05) is 28.8 Å². The van der Waals surface area contributed by atoms with Gasteiger partial charge in [0.05, 0.1) is 17.5 Å². The molecule has 1 saturated carbocycles. The fraction of sp³-hybridized carbons (Fsp3) is 0.320. The van der Waals surface area contributed by atoms with Crippen LogP contribution in [-0.4, -0.2) is 23.1 Å². The number of ether oxygens (including phenoxy) is 1. The highest BCUT2D eigenvalue weighted by Gasteiger charge is 2.52. The van der Waals surface area contributed by atoms with Crippen LogP contribution in [0.1, 0.15) is 54.2 Å². The summed E-state index contributed by atoms with van der Waals surface area (Å²) >= 11 is 0. The van der Waals surface area contributed by atoms with Crippen molar-refractivity contribution in [3.8, 4) is 0 Å². The van der Waals surface area contributed by atoms with Crippen LogP contribution in [-0.2, 0) is 21.4 Å². The normalized spacial score (nSPS) is 18.1. The SMILES string of the molecule is CCOC(=O)C1(c2ccc(NC(=O)c3cn4c5c(cccc5c3=O)C[C@@H]4C)cc2)CC1. The second-order valence-electron chi connectivity index (χ2n) is 8.48. The van der Waals surface area contributed by atoms with Crippen LogP contribution in [0.5, 0.6) is 0 Å². The first-order valence-corrected chi connectivity index (χ1v) is 10.7. The summed E-state index contributed by atoms with van der Waals surface area (Å²) in [4.78, 5) is 38.2. The lowest BCUT2D eigenvalue weighted by Gasteiger charge is -2.15. The highest BCUT2D eigenvalue weighted by molar-refractivity contribution is 6.06. The lowest BCUT2D eigenvalue weighted by atomic mass is 9.96. The first-order valence-electron chi connectivity index (χ1n) is 10.7. The Balaban J connectivity index is 1.42. The molecule has 0 bridgehead atoms. The zero-order valence-electron chi connectivity index (χ0n) is 17.6. The highest BCUT2D eigenvalue weighted by Crippen LogP contribution is 2.49. The van der Waals surface area contributed by atoms with Crippen molar-refractivity contribution in [1.82, 2.24) is 4.57 Å². The molecule has 158 valence electrons. The van der Waals surface area contributed by atoms with Crippen molar-refractivity contribution < 1.29 is 14.3 Å². The molecule has 6 nitrogen and oxygen atoms in total. The number of aromatic nitrogens is 1. The molecule has 3 aromatic rings. The van der Waals surface area contributed by atoms with Crippen LogP contribution >= 0.6 is 0 Å². The van der Waals surface area contributed by atoms with Crippen LogP contribution in [0.15, 0.2) is 53.5 Å². The van der Waals surface area contributed by atoms with Crippen LogP contribution in [0, 0.1) is 0 Å². The van der Waals surface area contributed by atoms with Crippen molar-refractivity contribution in [2.45, 2.75) is 44.6 Å². The third kappa shape index (κ3) is 3.05. The molecule has 0 spiro atoms. The molecular weight excluding hydrogens is 392 g/mol. The molecule has 0 radical (unpaired) electrons. The van der Waals surface area contributed by atoms with Gasteiger partial charge in [-0.05, 0) is 62.4 Å². The predicted molar refractivity (Wildman–Crippen MR) is 119 cm³/mol. The number of nitrogens with one attached hydrogen (secondary N) is 1. The van der Waals surface area contributed by atoms with Crippen LogP contribution in [0.25, 0.3) is 10.9 Å². The molecule has 5 rings (SSSR count). The van der Waals surface area contributed by atoms with Gasteiger partial charge in [0.1, 0.15) is 5.56 Å². The highest BCUT2D eigenvalue weighted by atomic mass is 16.5. The topological polar surface area (TPSA) is 77.4 Å². The molecule has 0 saturated heterocycles. The molecule has 2 aliphatic rings. The summed E-state index contributed by atoms with van der Waals surface area (Å²) in [7, 11) is 0. The molecule has 1 aliphatic heterocycles. The molecule has 2 aromatic carbocycles. The van der Waals surface area contributed by atoms with E-state index in [1.165, 1.54) is 0 Å². The second kappa shape index (κ2) is 7.08. The molecule has 1 aliphatic carbocycles. The average Bonchev–Trinajstić information content (AvgIpc) is 3.51. The number of hydrogen-bond donors (Lipinski definition) is 1. The van der Waals surface area contributed by atoms with E-state index in [4.69, 9.17) is 4.74 Å². The maximum atomic E-state index is 13.0. The summed E-state index contributed by atoms with van der Waals surface area (Å²) in [5.74, 6) is -0.623. The lowest BCUT2D eigenvalue weighted by molar-refractivity contribution is -0.146. The van der Waals surface area contributed by atoms with Crippen LogP contribution in [0.2, 0.25) is 0 Å². The van der Waals surface area contributed by atoms with Gasteiger partial charge in [0.25, 0.3) is 5.91 Å². The van der Waals surface area contributed by atoms with Crippen molar-refractivity contribution in [2.24, 2.45) is 0 Å². The number of amides is 1. The van der Waals surface area contributed by atoms with Crippen LogP contribution in [0.3, 0.4) is 0 Å². The number of carbonyl (C=O) groups is 2. The summed E-state index contributed by atoms with van der Waals surface area (Å²) in [5, 5.41) is 3.41. The molecular formula is C25H24N2O4. The maximum Gasteiger partial charge on any atom is 0.316 e.